The molecule has 1 aromatic carbocycles. The van der Waals surface area contributed by atoms with Crippen molar-refractivity contribution in [2.45, 2.75) is 20.3 Å². The van der Waals surface area contributed by atoms with E-state index < -0.39 is 0 Å². The van der Waals surface area contributed by atoms with Crippen molar-refractivity contribution in [2.24, 2.45) is 7.05 Å². The van der Waals surface area contributed by atoms with Crippen LogP contribution in [0.1, 0.15) is 27.3 Å². The van der Waals surface area contributed by atoms with E-state index in [-0.39, 0.29) is 11.8 Å². The Labute approximate surface area is 159 Å². The molecule has 2 aromatic rings. The molecule has 0 unspecified atom stereocenters. The summed E-state index contributed by atoms with van der Waals surface area (Å²) in [7, 11) is 3.49. The highest BCUT2D eigenvalue weighted by atomic mass is 16.5. The van der Waals surface area contributed by atoms with E-state index in [2.05, 4.69) is 5.10 Å². The third kappa shape index (κ3) is 3.97. The van der Waals surface area contributed by atoms with E-state index in [0.29, 0.717) is 38.2 Å². The maximum atomic E-state index is 12.7. The van der Waals surface area contributed by atoms with Gasteiger partial charge in [0.1, 0.15) is 5.75 Å². The number of hydrogen-bond acceptors (Lipinski definition) is 4. The standard InChI is InChI=1S/C20H26N4O3/c1-14-18(15(2)22(3)21-14)13-19(25)23-9-11-24(12-10-23)20(26)16-5-7-17(27-4)8-6-16/h5-8H,9-13H2,1-4H3. The fourth-order valence-electron chi connectivity index (χ4n) is 3.41. The van der Waals surface area contributed by atoms with Crippen LogP contribution in [-0.2, 0) is 18.3 Å². The van der Waals surface area contributed by atoms with Crippen LogP contribution in [0.3, 0.4) is 0 Å². The summed E-state index contributed by atoms with van der Waals surface area (Å²) in [4.78, 5) is 28.9. The van der Waals surface area contributed by atoms with Gasteiger partial charge in [-0.25, -0.2) is 0 Å². The van der Waals surface area contributed by atoms with E-state index in [4.69, 9.17) is 4.74 Å². The lowest BCUT2D eigenvalue weighted by molar-refractivity contribution is -0.131. The van der Waals surface area contributed by atoms with Crippen molar-refractivity contribution in [2.75, 3.05) is 33.3 Å². The highest BCUT2D eigenvalue weighted by molar-refractivity contribution is 5.94. The average molecular weight is 370 g/mol. The molecule has 0 bridgehead atoms. The van der Waals surface area contributed by atoms with Gasteiger partial charge in [-0.05, 0) is 38.1 Å². The lowest BCUT2D eigenvalue weighted by Crippen LogP contribution is -2.51. The molecule has 7 nitrogen and oxygen atoms in total. The van der Waals surface area contributed by atoms with Gasteiger partial charge in [-0.1, -0.05) is 0 Å². The van der Waals surface area contributed by atoms with Crippen LogP contribution in [0.15, 0.2) is 24.3 Å². The van der Waals surface area contributed by atoms with Crippen molar-refractivity contribution in [1.82, 2.24) is 19.6 Å². The largest absolute Gasteiger partial charge is 0.497 e. The minimum atomic E-state index is -0.0105. The van der Waals surface area contributed by atoms with Gasteiger partial charge >= 0.3 is 0 Å². The second-order valence-corrected chi connectivity index (χ2v) is 6.85. The molecular weight excluding hydrogens is 344 g/mol. The van der Waals surface area contributed by atoms with Crippen LogP contribution in [0, 0.1) is 13.8 Å². The Morgan fingerprint density at radius 3 is 2.15 bits per heavy atom. The summed E-state index contributed by atoms with van der Waals surface area (Å²) < 4.78 is 6.94. The number of carbonyl (C=O) groups is 2. The summed E-state index contributed by atoms with van der Waals surface area (Å²) in [5.41, 5.74) is 3.56. The van der Waals surface area contributed by atoms with Gasteiger partial charge in [0.25, 0.3) is 5.91 Å². The second-order valence-electron chi connectivity index (χ2n) is 6.85. The highest BCUT2D eigenvalue weighted by Gasteiger charge is 2.26. The Bertz CT molecular complexity index is 834. The van der Waals surface area contributed by atoms with Crippen LogP contribution in [-0.4, -0.2) is 64.7 Å². The Morgan fingerprint density at radius 1 is 1.04 bits per heavy atom. The predicted molar refractivity (Wildman–Crippen MR) is 102 cm³/mol. The Kier molecular flexibility index (Phi) is 5.48. The first kappa shape index (κ1) is 18.9. The first-order chi connectivity index (χ1) is 12.9. The molecule has 27 heavy (non-hydrogen) atoms. The summed E-state index contributed by atoms with van der Waals surface area (Å²) in [6.45, 7) is 6.11. The first-order valence-electron chi connectivity index (χ1n) is 9.11. The van der Waals surface area contributed by atoms with Gasteiger partial charge in [-0.15, -0.1) is 0 Å². The van der Waals surface area contributed by atoms with Gasteiger partial charge in [0.2, 0.25) is 5.91 Å². The van der Waals surface area contributed by atoms with Crippen LogP contribution in [0.5, 0.6) is 5.75 Å². The van der Waals surface area contributed by atoms with E-state index in [1.807, 2.05) is 30.5 Å². The summed E-state index contributed by atoms with van der Waals surface area (Å²) in [5.74, 6) is 0.803. The normalized spacial score (nSPS) is 14.4. The Hall–Kier alpha value is -2.83. The summed E-state index contributed by atoms with van der Waals surface area (Å²) >= 11 is 0. The van der Waals surface area contributed by atoms with Crippen molar-refractivity contribution in [3.05, 3.63) is 46.8 Å². The number of carbonyl (C=O) groups excluding carboxylic acids is 2. The molecule has 0 radical (unpaired) electrons. The zero-order chi connectivity index (χ0) is 19.6. The van der Waals surface area contributed by atoms with Gasteiger partial charge in [0, 0.05) is 50.0 Å². The molecule has 1 aromatic heterocycles. The van der Waals surface area contributed by atoms with Gasteiger partial charge in [0.15, 0.2) is 0 Å². The summed E-state index contributed by atoms with van der Waals surface area (Å²) in [5, 5.41) is 4.37. The van der Waals surface area contributed by atoms with Crippen LogP contribution < -0.4 is 4.74 Å². The van der Waals surface area contributed by atoms with Crippen LogP contribution >= 0.6 is 0 Å². The maximum absolute atomic E-state index is 12.7. The zero-order valence-corrected chi connectivity index (χ0v) is 16.4. The molecule has 1 aliphatic heterocycles. The van der Waals surface area contributed by atoms with Gasteiger partial charge in [-0.2, -0.15) is 5.10 Å². The molecule has 2 amide bonds. The lowest BCUT2D eigenvalue weighted by atomic mass is 10.1. The molecule has 144 valence electrons. The van der Waals surface area contributed by atoms with E-state index in [1.165, 1.54) is 0 Å². The smallest absolute Gasteiger partial charge is 0.253 e. The van der Waals surface area contributed by atoms with Gasteiger partial charge < -0.3 is 14.5 Å². The number of hydrogen-bond donors (Lipinski definition) is 0. The number of piperazine rings is 1. The number of methoxy groups -OCH3 is 1. The number of amides is 2. The Balaban J connectivity index is 1.57. The quantitative estimate of drug-likeness (QED) is 0.819. The molecule has 0 saturated carbocycles. The number of aryl methyl sites for hydroxylation is 2. The van der Waals surface area contributed by atoms with E-state index in [1.54, 1.807) is 36.3 Å². The second kappa shape index (κ2) is 7.82. The molecule has 0 spiro atoms. The minimum Gasteiger partial charge on any atom is -0.497 e. The number of benzene rings is 1. The third-order valence-electron chi connectivity index (χ3n) is 5.24. The molecule has 7 heteroatoms. The van der Waals surface area contributed by atoms with E-state index in [9.17, 15) is 9.59 Å². The van der Waals surface area contributed by atoms with Crippen molar-refractivity contribution in [1.29, 1.82) is 0 Å². The first-order valence-corrected chi connectivity index (χ1v) is 9.11. The molecule has 0 aliphatic carbocycles. The highest BCUT2D eigenvalue weighted by Crippen LogP contribution is 2.16. The van der Waals surface area contributed by atoms with Crippen molar-refractivity contribution in [3.8, 4) is 5.75 Å². The molecule has 1 fully saturated rings. The summed E-state index contributed by atoms with van der Waals surface area (Å²) in [6.07, 6.45) is 0.359. The van der Waals surface area contributed by atoms with Gasteiger partial charge in [-0.3, -0.25) is 14.3 Å². The fourth-order valence-corrected chi connectivity index (χ4v) is 3.41. The van der Waals surface area contributed by atoms with Crippen LogP contribution in [0.2, 0.25) is 0 Å². The number of nitrogens with zero attached hydrogens (tertiary/aromatic N) is 4. The molecule has 1 saturated heterocycles. The zero-order valence-electron chi connectivity index (χ0n) is 16.4. The average Bonchev–Trinajstić information content (AvgIpc) is 2.93. The maximum Gasteiger partial charge on any atom is 0.253 e. The van der Waals surface area contributed by atoms with Crippen molar-refractivity contribution < 1.29 is 14.3 Å². The molecule has 1 aliphatic rings. The van der Waals surface area contributed by atoms with Crippen molar-refractivity contribution >= 4 is 11.8 Å². The van der Waals surface area contributed by atoms with Crippen molar-refractivity contribution in [3.63, 3.8) is 0 Å². The molecule has 3 rings (SSSR count). The van der Waals surface area contributed by atoms with E-state index >= 15 is 0 Å². The third-order valence-corrected chi connectivity index (χ3v) is 5.24. The topological polar surface area (TPSA) is 67.7 Å². The number of rotatable bonds is 4. The Morgan fingerprint density at radius 2 is 1.63 bits per heavy atom. The predicted octanol–water partition coefficient (Wildman–Crippen LogP) is 1.57. The fraction of sp³-hybridized carbons (Fsp3) is 0.450. The van der Waals surface area contributed by atoms with Gasteiger partial charge in [0.05, 0.1) is 19.2 Å². The lowest BCUT2D eigenvalue weighted by Gasteiger charge is -2.35. The monoisotopic (exact) mass is 370 g/mol. The number of ether oxygens (including phenoxy) is 1. The molecule has 0 N–H and O–H groups in total. The minimum absolute atomic E-state index is 0.0105. The molecular formula is C20H26N4O3. The SMILES string of the molecule is COc1ccc(C(=O)N2CCN(C(=O)Cc3c(C)nn(C)c3C)CC2)cc1. The number of aromatic nitrogens is 2. The molecule has 0 atom stereocenters. The summed E-state index contributed by atoms with van der Waals surface area (Å²) in [6, 6.07) is 7.11. The van der Waals surface area contributed by atoms with Crippen LogP contribution in [0.25, 0.3) is 0 Å². The van der Waals surface area contributed by atoms with Crippen LogP contribution in [0.4, 0.5) is 0 Å². The molecule has 2 heterocycles. The van der Waals surface area contributed by atoms with E-state index in [0.717, 1.165) is 22.7 Å².